The van der Waals surface area contributed by atoms with Gasteiger partial charge in [0.25, 0.3) is 6.43 Å². The van der Waals surface area contributed by atoms with Gasteiger partial charge in [-0.25, -0.2) is 22.0 Å². The summed E-state index contributed by atoms with van der Waals surface area (Å²) in [4.78, 5) is 0. The molecule has 0 amide bonds. The van der Waals surface area contributed by atoms with Gasteiger partial charge in [0, 0.05) is 0 Å². The van der Waals surface area contributed by atoms with Crippen LogP contribution in [0.3, 0.4) is 0 Å². The third-order valence-electron chi connectivity index (χ3n) is 0.808. The molecule has 0 saturated heterocycles. The summed E-state index contributed by atoms with van der Waals surface area (Å²) < 4.78 is 56.9. The molecule has 0 rings (SSSR count). The van der Waals surface area contributed by atoms with Crippen LogP contribution in [0.2, 0.25) is 0 Å². The van der Waals surface area contributed by atoms with Gasteiger partial charge in [0.1, 0.15) is 0 Å². The van der Waals surface area contributed by atoms with Gasteiger partial charge >= 0.3 is 0 Å². The van der Waals surface area contributed by atoms with Crippen LogP contribution in [-0.2, 0) is 0 Å². The van der Waals surface area contributed by atoms with Crippen molar-refractivity contribution >= 4 is 0 Å². The fourth-order valence-electron chi connectivity index (χ4n) is 0.291. The Balaban J connectivity index is 3.81. The number of aliphatic hydroxyl groups is 1. The van der Waals surface area contributed by atoms with E-state index in [9.17, 15) is 22.0 Å². The second kappa shape index (κ2) is 3.70. The maximum Gasteiger partial charge on any atom is 0.272 e. The summed E-state index contributed by atoms with van der Waals surface area (Å²) in [6.45, 7) is 0. The topological polar surface area (TPSA) is 20.2 Å². The van der Waals surface area contributed by atoms with Crippen LogP contribution in [0.25, 0.3) is 0 Å². The van der Waals surface area contributed by atoms with Crippen molar-refractivity contribution in [3.05, 3.63) is 0 Å². The Morgan fingerprint density at radius 3 is 1.30 bits per heavy atom. The standard InChI is InChI=1S/C4H5F5O/c5-1(3(7)8)2(6)4(9)10/h1-4,10H. The molecule has 62 valence electrons. The highest BCUT2D eigenvalue weighted by Gasteiger charge is 2.35. The molecule has 0 heterocycles. The molecule has 0 fully saturated rings. The zero-order chi connectivity index (χ0) is 8.31. The minimum absolute atomic E-state index is 3.17. The van der Waals surface area contributed by atoms with Crippen molar-refractivity contribution in [3.63, 3.8) is 0 Å². The van der Waals surface area contributed by atoms with Gasteiger partial charge in [0.05, 0.1) is 0 Å². The highest BCUT2D eigenvalue weighted by molar-refractivity contribution is 4.71. The van der Waals surface area contributed by atoms with Gasteiger partial charge in [-0.2, -0.15) is 0 Å². The number of alkyl halides is 5. The minimum Gasteiger partial charge on any atom is -0.362 e. The molecule has 10 heavy (non-hydrogen) atoms. The molecule has 3 atom stereocenters. The first-order chi connectivity index (χ1) is 4.46. The van der Waals surface area contributed by atoms with E-state index in [1.165, 1.54) is 0 Å². The second-order valence-electron chi connectivity index (χ2n) is 1.60. The van der Waals surface area contributed by atoms with E-state index in [0.29, 0.717) is 0 Å². The molecule has 1 N–H and O–H groups in total. The fraction of sp³-hybridized carbons (Fsp3) is 1.00. The summed E-state index contributed by atoms with van der Waals surface area (Å²) in [7, 11) is 0. The first kappa shape index (κ1) is 9.61. The summed E-state index contributed by atoms with van der Waals surface area (Å²) in [5, 5.41) is 7.63. The van der Waals surface area contributed by atoms with E-state index in [1.54, 1.807) is 0 Å². The highest BCUT2D eigenvalue weighted by Crippen LogP contribution is 2.16. The predicted molar refractivity (Wildman–Crippen MR) is 22.9 cm³/mol. The van der Waals surface area contributed by atoms with E-state index >= 15 is 0 Å². The zero-order valence-electron chi connectivity index (χ0n) is 4.65. The molecule has 0 aliphatic heterocycles. The second-order valence-corrected chi connectivity index (χ2v) is 1.60. The van der Waals surface area contributed by atoms with Crippen molar-refractivity contribution in [2.24, 2.45) is 0 Å². The first-order valence-corrected chi connectivity index (χ1v) is 2.35. The third kappa shape index (κ3) is 2.47. The van der Waals surface area contributed by atoms with Gasteiger partial charge in [-0.1, -0.05) is 0 Å². The van der Waals surface area contributed by atoms with Crippen LogP contribution in [0, 0.1) is 0 Å². The molecule has 0 radical (unpaired) electrons. The molecule has 0 aliphatic rings. The Morgan fingerprint density at radius 2 is 1.20 bits per heavy atom. The van der Waals surface area contributed by atoms with Gasteiger partial charge in [-0.15, -0.1) is 0 Å². The van der Waals surface area contributed by atoms with Crippen molar-refractivity contribution in [1.29, 1.82) is 0 Å². The van der Waals surface area contributed by atoms with E-state index in [0.717, 1.165) is 0 Å². The zero-order valence-corrected chi connectivity index (χ0v) is 4.65. The van der Waals surface area contributed by atoms with Gasteiger partial charge in [0.15, 0.2) is 12.3 Å². The average Bonchev–Trinajstić information content (AvgIpc) is 1.84. The van der Waals surface area contributed by atoms with Crippen LogP contribution in [0.15, 0.2) is 0 Å². The predicted octanol–water partition coefficient (Wildman–Crippen LogP) is 1.22. The van der Waals surface area contributed by atoms with E-state index in [-0.39, 0.29) is 0 Å². The van der Waals surface area contributed by atoms with E-state index in [2.05, 4.69) is 0 Å². The third-order valence-corrected chi connectivity index (χ3v) is 0.808. The monoisotopic (exact) mass is 164 g/mol. The van der Waals surface area contributed by atoms with Crippen molar-refractivity contribution < 1.29 is 27.1 Å². The van der Waals surface area contributed by atoms with Crippen molar-refractivity contribution in [3.8, 4) is 0 Å². The molecule has 1 nitrogen and oxygen atoms in total. The maximum absolute atomic E-state index is 11.7. The summed E-state index contributed by atoms with van der Waals surface area (Å²) in [5.41, 5.74) is 0. The summed E-state index contributed by atoms with van der Waals surface area (Å²) in [6, 6.07) is 0. The molecule has 0 aromatic heterocycles. The molecule has 3 unspecified atom stereocenters. The molecule has 0 bridgehead atoms. The molecular formula is C4H5F5O. The molecule has 0 aromatic rings. The van der Waals surface area contributed by atoms with E-state index in [1.807, 2.05) is 0 Å². The maximum atomic E-state index is 11.7. The number of hydrogen-bond donors (Lipinski definition) is 1. The van der Waals surface area contributed by atoms with Crippen LogP contribution in [-0.4, -0.2) is 30.2 Å². The molecule has 0 aromatic carbocycles. The van der Waals surface area contributed by atoms with Crippen LogP contribution in [0.5, 0.6) is 0 Å². The largest absolute Gasteiger partial charge is 0.362 e. The number of hydrogen-bond acceptors (Lipinski definition) is 1. The van der Waals surface area contributed by atoms with E-state index in [4.69, 9.17) is 5.11 Å². The van der Waals surface area contributed by atoms with Crippen molar-refractivity contribution in [2.45, 2.75) is 25.1 Å². The lowest BCUT2D eigenvalue weighted by atomic mass is 10.2. The van der Waals surface area contributed by atoms with Crippen LogP contribution >= 0.6 is 0 Å². The smallest absolute Gasteiger partial charge is 0.272 e. The Hall–Kier alpha value is -0.390. The van der Waals surface area contributed by atoms with Crippen molar-refractivity contribution in [1.82, 2.24) is 0 Å². The van der Waals surface area contributed by atoms with Crippen molar-refractivity contribution in [2.75, 3.05) is 0 Å². The molecule has 0 spiro atoms. The molecule has 0 aliphatic carbocycles. The Bertz CT molecular complexity index is 83.6. The van der Waals surface area contributed by atoms with Gasteiger partial charge in [-0.3, -0.25) is 0 Å². The normalized spacial score (nSPS) is 20.7. The SMILES string of the molecule is OC(F)C(F)C(F)C(F)F. The lowest BCUT2D eigenvalue weighted by Crippen LogP contribution is -2.32. The number of rotatable bonds is 3. The molecule has 0 saturated carbocycles. The highest BCUT2D eigenvalue weighted by atomic mass is 19.3. The average molecular weight is 164 g/mol. The quantitative estimate of drug-likeness (QED) is 0.621. The van der Waals surface area contributed by atoms with Crippen LogP contribution in [0.4, 0.5) is 22.0 Å². The number of aliphatic hydroxyl groups excluding tert-OH is 1. The Kier molecular flexibility index (Phi) is 3.55. The minimum atomic E-state index is -3.61. The lowest BCUT2D eigenvalue weighted by molar-refractivity contribution is -0.0927. The first-order valence-electron chi connectivity index (χ1n) is 2.35. The van der Waals surface area contributed by atoms with Gasteiger partial charge in [0.2, 0.25) is 6.36 Å². The lowest BCUT2D eigenvalue weighted by Gasteiger charge is -2.11. The van der Waals surface area contributed by atoms with Crippen LogP contribution < -0.4 is 0 Å². The molecular weight excluding hydrogens is 159 g/mol. The molecule has 6 heteroatoms. The van der Waals surface area contributed by atoms with E-state index < -0.39 is 25.1 Å². The van der Waals surface area contributed by atoms with Gasteiger partial charge < -0.3 is 5.11 Å². The number of halogens is 5. The Morgan fingerprint density at radius 1 is 0.800 bits per heavy atom. The summed E-state index contributed by atoms with van der Waals surface area (Å²) >= 11 is 0. The summed E-state index contributed by atoms with van der Waals surface area (Å²) in [5.74, 6) is 0. The summed E-state index contributed by atoms with van der Waals surface area (Å²) in [6.07, 6.45) is -13.2. The Labute approximate surface area is 53.5 Å². The fourth-order valence-corrected chi connectivity index (χ4v) is 0.291. The van der Waals surface area contributed by atoms with Gasteiger partial charge in [-0.05, 0) is 0 Å². The van der Waals surface area contributed by atoms with Crippen LogP contribution in [0.1, 0.15) is 0 Å².